The monoisotopic (exact) mass is 425 g/mol. The van der Waals surface area contributed by atoms with Crippen LogP contribution in [0.4, 0.5) is 0 Å². The first-order chi connectivity index (χ1) is 10.4. The van der Waals surface area contributed by atoms with E-state index < -0.39 is 0 Å². The van der Waals surface area contributed by atoms with Crippen molar-refractivity contribution in [3.63, 3.8) is 0 Å². The second-order valence-electron chi connectivity index (χ2n) is 6.01. The minimum Gasteiger partial charge on any atom is -0.381 e. The second kappa shape index (κ2) is 12.4. The van der Waals surface area contributed by atoms with Crippen molar-refractivity contribution in [2.24, 2.45) is 4.99 Å². The molecule has 0 spiro atoms. The van der Waals surface area contributed by atoms with E-state index >= 15 is 0 Å². The van der Waals surface area contributed by atoms with Crippen molar-refractivity contribution >= 4 is 29.9 Å². The van der Waals surface area contributed by atoms with Crippen LogP contribution < -0.4 is 10.6 Å². The molecule has 22 heavy (non-hydrogen) atoms. The number of rotatable bonds is 6. The zero-order valence-corrected chi connectivity index (χ0v) is 16.1. The Balaban J connectivity index is 0.00000242. The van der Waals surface area contributed by atoms with Crippen molar-refractivity contribution in [2.45, 2.75) is 63.5 Å². The normalized spacial score (nSPS) is 21.2. The van der Waals surface area contributed by atoms with E-state index in [1.54, 1.807) is 0 Å². The second-order valence-corrected chi connectivity index (χ2v) is 6.01. The molecule has 0 amide bonds. The Morgan fingerprint density at radius 3 is 2.55 bits per heavy atom. The van der Waals surface area contributed by atoms with Gasteiger partial charge in [0.2, 0.25) is 0 Å². The molecule has 0 radical (unpaired) electrons. The summed E-state index contributed by atoms with van der Waals surface area (Å²) in [6.45, 7) is 3.43. The number of halogens is 1. The van der Waals surface area contributed by atoms with Crippen LogP contribution >= 0.6 is 24.0 Å². The summed E-state index contributed by atoms with van der Waals surface area (Å²) in [6.07, 6.45) is 10.1. The van der Waals surface area contributed by atoms with Gasteiger partial charge in [0.05, 0.1) is 6.10 Å². The standard InChI is InChI=1S/C16H31N3O2.HI/c1-17-16(19-14-6-3-2-4-7-14)18-10-5-11-21-15-8-12-20-13-9-15;/h14-15H,2-13H2,1H3,(H2,17,18,19);1H. The fourth-order valence-electron chi connectivity index (χ4n) is 3.01. The SMILES string of the molecule is CN=C(NCCCOC1CCOCC1)NC1CCCCC1.I. The van der Waals surface area contributed by atoms with E-state index in [4.69, 9.17) is 9.47 Å². The largest absolute Gasteiger partial charge is 0.381 e. The van der Waals surface area contributed by atoms with Gasteiger partial charge >= 0.3 is 0 Å². The van der Waals surface area contributed by atoms with Crippen molar-refractivity contribution in [3.8, 4) is 0 Å². The number of hydrogen-bond acceptors (Lipinski definition) is 3. The third kappa shape index (κ3) is 7.97. The van der Waals surface area contributed by atoms with Crippen molar-refractivity contribution in [1.82, 2.24) is 10.6 Å². The van der Waals surface area contributed by atoms with E-state index in [0.717, 1.165) is 51.6 Å². The molecule has 1 heterocycles. The van der Waals surface area contributed by atoms with Crippen molar-refractivity contribution < 1.29 is 9.47 Å². The van der Waals surface area contributed by atoms with Gasteiger partial charge in [-0.25, -0.2) is 0 Å². The molecule has 1 aliphatic heterocycles. The van der Waals surface area contributed by atoms with Crippen LogP contribution in [0.5, 0.6) is 0 Å². The van der Waals surface area contributed by atoms with Gasteiger partial charge in [0, 0.05) is 39.5 Å². The topological polar surface area (TPSA) is 54.9 Å². The first-order valence-corrected chi connectivity index (χ1v) is 8.55. The van der Waals surface area contributed by atoms with Gasteiger partial charge in [-0.15, -0.1) is 24.0 Å². The number of ether oxygens (including phenoxy) is 2. The van der Waals surface area contributed by atoms with Gasteiger partial charge in [0.25, 0.3) is 0 Å². The lowest BCUT2D eigenvalue weighted by atomic mass is 9.96. The number of nitrogens with one attached hydrogen (secondary N) is 2. The van der Waals surface area contributed by atoms with E-state index in [0.29, 0.717) is 12.1 Å². The molecule has 130 valence electrons. The smallest absolute Gasteiger partial charge is 0.191 e. The van der Waals surface area contributed by atoms with Gasteiger partial charge in [-0.1, -0.05) is 19.3 Å². The van der Waals surface area contributed by atoms with Gasteiger partial charge in [0.15, 0.2) is 5.96 Å². The van der Waals surface area contributed by atoms with Crippen molar-refractivity contribution in [2.75, 3.05) is 33.4 Å². The van der Waals surface area contributed by atoms with E-state index in [2.05, 4.69) is 15.6 Å². The lowest BCUT2D eigenvalue weighted by Crippen LogP contribution is -2.44. The zero-order chi connectivity index (χ0) is 14.8. The number of guanidine groups is 1. The Morgan fingerprint density at radius 2 is 1.86 bits per heavy atom. The first-order valence-electron chi connectivity index (χ1n) is 8.55. The number of hydrogen-bond donors (Lipinski definition) is 2. The third-order valence-electron chi connectivity index (χ3n) is 4.31. The molecule has 1 saturated carbocycles. The summed E-state index contributed by atoms with van der Waals surface area (Å²) in [5.41, 5.74) is 0. The maximum Gasteiger partial charge on any atom is 0.191 e. The lowest BCUT2D eigenvalue weighted by molar-refractivity contribution is -0.0320. The predicted molar refractivity (Wildman–Crippen MR) is 101 cm³/mol. The molecular formula is C16H32IN3O2. The molecule has 0 aromatic carbocycles. The number of nitrogens with zero attached hydrogens (tertiary/aromatic N) is 1. The average Bonchev–Trinajstić information content (AvgIpc) is 2.55. The molecule has 5 nitrogen and oxygen atoms in total. The van der Waals surface area contributed by atoms with E-state index in [1.165, 1.54) is 32.1 Å². The molecular weight excluding hydrogens is 393 g/mol. The molecule has 1 aliphatic carbocycles. The molecule has 2 N–H and O–H groups in total. The molecule has 0 bridgehead atoms. The predicted octanol–water partition coefficient (Wildman–Crippen LogP) is 2.69. The molecule has 0 unspecified atom stereocenters. The van der Waals surface area contributed by atoms with E-state index in [-0.39, 0.29) is 24.0 Å². The zero-order valence-electron chi connectivity index (χ0n) is 13.8. The fraction of sp³-hybridized carbons (Fsp3) is 0.938. The first kappa shape index (κ1) is 20.0. The molecule has 2 aliphatic rings. The minimum absolute atomic E-state index is 0. The maximum absolute atomic E-state index is 5.87. The average molecular weight is 425 g/mol. The van der Waals surface area contributed by atoms with Crippen LogP contribution in [-0.4, -0.2) is 51.5 Å². The summed E-state index contributed by atoms with van der Waals surface area (Å²) in [6, 6.07) is 0.600. The molecule has 0 aromatic heterocycles. The van der Waals surface area contributed by atoms with Crippen LogP contribution in [-0.2, 0) is 9.47 Å². The summed E-state index contributed by atoms with van der Waals surface area (Å²) < 4.78 is 11.2. The van der Waals surface area contributed by atoms with Crippen LogP contribution in [0.2, 0.25) is 0 Å². The van der Waals surface area contributed by atoms with Crippen LogP contribution in [0.1, 0.15) is 51.4 Å². The Labute approximate surface area is 152 Å². The summed E-state index contributed by atoms with van der Waals surface area (Å²) in [5, 5.41) is 6.92. The molecule has 6 heteroatoms. The fourth-order valence-corrected chi connectivity index (χ4v) is 3.01. The number of aliphatic imine (C=N–C) groups is 1. The Bertz CT molecular complexity index is 304. The van der Waals surface area contributed by atoms with Crippen LogP contribution in [0.3, 0.4) is 0 Å². The molecule has 2 rings (SSSR count). The minimum atomic E-state index is 0. The van der Waals surface area contributed by atoms with Gasteiger partial charge in [-0.3, -0.25) is 4.99 Å². The highest BCUT2D eigenvalue weighted by atomic mass is 127. The Hall–Kier alpha value is -0.0800. The van der Waals surface area contributed by atoms with Gasteiger partial charge in [-0.2, -0.15) is 0 Å². The highest BCUT2D eigenvalue weighted by Crippen LogP contribution is 2.17. The molecule has 0 aromatic rings. The summed E-state index contributed by atoms with van der Waals surface area (Å²) in [5.74, 6) is 0.938. The van der Waals surface area contributed by atoms with Gasteiger partial charge in [-0.05, 0) is 32.1 Å². The molecule has 2 fully saturated rings. The van der Waals surface area contributed by atoms with Gasteiger partial charge in [0.1, 0.15) is 0 Å². The van der Waals surface area contributed by atoms with Crippen LogP contribution in [0.25, 0.3) is 0 Å². The van der Waals surface area contributed by atoms with E-state index in [1.807, 2.05) is 7.05 Å². The quantitative estimate of drug-likeness (QED) is 0.298. The Kier molecular flexibility index (Phi) is 11.2. The highest BCUT2D eigenvalue weighted by molar-refractivity contribution is 14.0. The van der Waals surface area contributed by atoms with Crippen molar-refractivity contribution in [1.29, 1.82) is 0 Å². The summed E-state index contributed by atoms with van der Waals surface area (Å²) in [7, 11) is 1.84. The Morgan fingerprint density at radius 1 is 1.14 bits per heavy atom. The molecule has 1 saturated heterocycles. The van der Waals surface area contributed by atoms with E-state index in [9.17, 15) is 0 Å². The van der Waals surface area contributed by atoms with Crippen LogP contribution in [0.15, 0.2) is 4.99 Å². The lowest BCUT2D eigenvalue weighted by Gasteiger charge is -2.25. The maximum atomic E-state index is 5.87. The van der Waals surface area contributed by atoms with Crippen LogP contribution in [0, 0.1) is 0 Å². The highest BCUT2D eigenvalue weighted by Gasteiger charge is 2.15. The van der Waals surface area contributed by atoms with Crippen molar-refractivity contribution in [3.05, 3.63) is 0 Å². The summed E-state index contributed by atoms with van der Waals surface area (Å²) >= 11 is 0. The van der Waals surface area contributed by atoms with Gasteiger partial charge < -0.3 is 20.1 Å². The molecule has 0 atom stereocenters. The summed E-state index contributed by atoms with van der Waals surface area (Å²) in [4.78, 5) is 4.31. The third-order valence-corrected chi connectivity index (χ3v) is 4.31.